The third-order valence-corrected chi connectivity index (χ3v) is 3.74. The zero-order chi connectivity index (χ0) is 11.8. The molecule has 4 nitrogen and oxygen atoms in total. The molecule has 0 spiro atoms. The fourth-order valence-electron chi connectivity index (χ4n) is 1.88. The summed E-state index contributed by atoms with van der Waals surface area (Å²) in [4.78, 5) is 17.8. The van der Waals surface area contributed by atoms with Gasteiger partial charge in [0.15, 0.2) is 10.8 Å². The zero-order valence-corrected chi connectivity index (χ0v) is 10.6. The van der Waals surface area contributed by atoms with Crippen molar-refractivity contribution >= 4 is 22.4 Å². The molecule has 1 saturated heterocycles. The fraction of sp³-hybridized carbons (Fsp3) is 0.636. The summed E-state index contributed by atoms with van der Waals surface area (Å²) in [7, 11) is 1.38. The van der Waals surface area contributed by atoms with Crippen molar-refractivity contribution in [2.45, 2.75) is 20.3 Å². The second-order valence-corrected chi connectivity index (χ2v) is 5.68. The summed E-state index contributed by atoms with van der Waals surface area (Å²) in [6, 6.07) is 0. The van der Waals surface area contributed by atoms with Crippen LogP contribution in [-0.4, -0.2) is 31.2 Å². The molecule has 1 aliphatic heterocycles. The lowest BCUT2D eigenvalue weighted by Gasteiger charge is -2.18. The Kier molecular flexibility index (Phi) is 2.88. The Balaban J connectivity index is 2.11. The van der Waals surface area contributed by atoms with Gasteiger partial charge in [0, 0.05) is 18.5 Å². The van der Waals surface area contributed by atoms with Crippen molar-refractivity contribution in [3.63, 3.8) is 0 Å². The van der Waals surface area contributed by atoms with E-state index < -0.39 is 0 Å². The van der Waals surface area contributed by atoms with Crippen LogP contribution in [0.15, 0.2) is 5.38 Å². The topological polar surface area (TPSA) is 42.4 Å². The first-order valence-electron chi connectivity index (χ1n) is 5.31. The van der Waals surface area contributed by atoms with Gasteiger partial charge in [0.25, 0.3) is 0 Å². The molecule has 1 fully saturated rings. The molecule has 2 rings (SSSR count). The van der Waals surface area contributed by atoms with Crippen molar-refractivity contribution in [1.29, 1.82) is 0 Å². The number of rotatable bonds is 2. The van der Waals surface area contributed by atoms with Crippen molar-refractivity contribution in [3.8, 4) is 0 Å². The average molecular weight is 240 g/mol. The van der Waals surface area contributed by atoms with E-state index in [9.17, 15) is 4.79 Å². The summed E-state index contributed by atoms with van der Waals surface area (Å²) >= 11 is 1.51. The third kappa shape index (κ3) is 2.19. The van der Waals surface area contributed by atoms with Crippen LogP contribution in [-0.2, 0) is 4.74 Å². The number of ether oxygens (including phenoxy) is 1. The van der Waals surface area contributed by atoms with E-state index in [1.165, 1.54) is 24.9 Å². The van der Waals surface area contributed by atoms with Crippen LogP contribution in [0.25, 0.3) is 0 Å². The van der Waals surface area contributed by atoms with Gasteiger partial charge in [-0.1, -0.05) is 13.8 Å². The molecular weight excluding hydrogens is 224 g/mol. The molecule has 0 saturated carbocycles. The summed E-state index contributed by atoms with van der Waals surface area (Å²) < 4.78 is 4.64. The van der Waals surface area contributed by atoms with Crippen molar-refractivity contribution < 1.29 is 9.53 Å². The Morgan fingerprint density at radius 1 is 1.62 bits per heavy atom. The summed E-state index contributed by atoms with van der Waals surface area (Å²) in [6.07, 6.45) is 1.17. The molecule has 88 valence electrons. The molecule has 1 aliphatic rings. The van der Waals surface area contributed by atoms with E-state index in [-0.39, 0.29) is 5.97 Å². The number of thiazole rings is 1. The molecular formula is C11H16N2O2S. The first kappa shape index (κ1) is 11.4. The SMILES string of the molecule is COC(=O)c1csc(N2CCC(C)(C)C2)n1. The Morgan fingerprint density at radius 3 is 2.94 bits per heavy atom. The molecule has 0 bridgehead atoms. The van der Waals surface area contributed by atoms with Gasteiger partial charge < -0.3 is 9.64 Å². The number of carbonyl (C=O) groups is 1. The van der Waals surface area contributed by atoms with Gasteiger partial charge in [-0.15, -0.1) is 11.3 Å². The van der Waals surface area contributed by atoms with E-state index in [1.807, 2.05) is 0 Å². The first-order chi connectivity index (χ1) is 7.52. The summed E-state index contributed by atoms with van der Waals surface area (Å²) in [6.45, 7) is 6.52. The Bertz CT molecular complexity index is 400. The molecule has 16 heavy (non-hydrogen) atoms. The lowest BCUT2D eigenvalue weighted by atomic mass is 9.93. The van der Waals surface area contributed by atoms with E-state index in [1.54, 1.807) is 5.38 Å². The first-order valence-corrected chi connectivity index (χ1v) is 6.19. The monoisotopic (exact) mass is 240 g/mol. The molecule has 0 atom stereocenters. The van der Waals surface area contributed by atoms with E-state index in [4.69, 9.17) is 0 Å². The number of nitrogens with zero attached hydrogens (tertiary/aromatic N) is 2. The molecule has 1 aromatic heterocycles. The van der Waals surface area contributed by atoms with Crippen molar-refractivity contribution in [2.24, 2.45) is 5.41 Å². The van der Waals surface area contributed by atoms with Crippen molar-refractivity contribution in [1.82, 2.24) is 4.98 Å². The normalized spacial score (nSPS) is 18.8. The summed E-state index contributed by atoms with van der Waals surface area (Å²) in [5, 5.41) is 2.68. The highest BCUT2D eigenvalue weighted by atomic mass is 32.1. The standard InChI is InChI=1S/C11H16N2O2S/c1-11(2)4-5-13(7-11)10-12-8(6-16-10)9(14)15-3/h6H,4-5,7H2,1-3H3. The highest BCUT2D eigenvalue weighted by molar-refractivity contribution is 7.13. The van der Waals surface area contributed by atoms with Gasteiger partial charge in [-0.05, 0) is 11.8 Å². The maximum absolute atomic E-state index is 11.3. The highest BCUT2D eigenvalue weighted by Crippen LogP contribution is 2.33. The van der Waals surface area contributed by atoms with Crippen molar-refractivity contribution in [3.05, 3.63) is 11.1 Å². The van der Waals surface area contributed by atoms with Crippen LogP contribution in [0.4, 0.5) is 5.13 Å². The lowest BCUT2D eigenvalue weighted by Crippen LogP contribution is -2.22. The van der Waals surface area contributed by atoms with Crippen LogP contribution in [0, 0.1) is 5.41 Å². The number of anilines is 1. The number of hydrogen-bond acceptors (Lipinski definition) is 5. The number of esters is 1. The maximum Gasteiger partial charge on any atom is 0.357 e. The quantitative estimate of drug-likeness (QED) is 0.743. The van der Waals surface area contributed by atoms with E-state index in [2.05, 4.69) is 28.5 Å². The molecule has 5 heteroatoms. The molecule has 0 N–H and O–H groups in total. The van der Waals surface area contributed by atoms with Gasteiger partial charge in [-0.3, -0.25) is 0 Å². The van der Waals surface area contributed by atoms with E-state index >= 15 is 0 Å². The molecule has 0 aliphatic carbocycles. The Labute approximate surface area is 99.2 Å². The van der Waals surface area contributed by atoms with E-state index in [0.29, 0.717) is 11.1 Å². The number of methoxy groups -OCH3 is 1. The Morgan fingerprint density at radius 2 is 2.38 bits per heavy atom. The average Bonchev–Trinajstić information content (AvgIpc) is 2.83. The van der Waals surface area contributed by atoms with Gasteiger partial charge in [-0.2, -0.15) is 0 Å². The van der Waals surface area contributed by atoms with Gasteiger partial charge >= 0.3 is 5.97 Å². The van der Waals surface area contributed by atoms with Gasteiger partial charge in [0.05, 0.1) is 7.11 Å². The predicted octanol–water partition coefficient (Wildman–Crippen LogP) is 2.17. The van der Waals surface area contributed by atoms with Crippen LogP contribution in [0.2, 0.25) is 0 Å². The van der Waals surface area contributed by atoms with Crippen molar-refractivity contribution in [2.75, 3.05) is 25.1 Å². The number of aromatic nitrogens is 1. The van der Waals surface area contributed by atoms with Gasteiger partial charge in [0.1, 0.15) is 0 Å². The predicted molar refractivity (Wildman–Crippen MR) is 64.1 cm³/mol. The minimum Gasteiger partial charge on any atom is -0.464 e. The second-order valence-electron chi connectivity index (χ2n) is 4.84. The molecule has 0 radical (unpaired) electrons. The van der Waals surface area contributed by atoms with Crippen LogP contribution in [0.5, 0.6) is 0 Å². The number of carbonyl (C=O) groups excluding carboxylic acids is 1. The van der Waals surface area contributed by atoms with Crippen LogP contribution >= 0.6 is 11.3 Å². The van der Waals surface area contributed by atoms with E-state index in [0.717, 1.165) is 18.2 Å². The largest absolute Gasteiger partial charge is 0.464 e. The molecule has 0 aromatic carbocycles. The lowest BCUT2D eigenvalue weighted by molar-refractivity contribution is 0.0595. The van der Waals surface area contributed by atoms with Crippen LogP contribution in [0.1, 0.15) is 30.8 Å². The molecule has 1 aromatic rings. The number of hydrogen-bond donors (Lipinski definition) is 0. The second kappa shape index (κ2) is 4.05. The third-order valence-electron chi connectivity index (χ3n) is 2.83. The molecule has 0 unspecified atom stereocenters. The summed E-state index contributed by atoms with van der Waals surface area (Å²) in [5.41, 5.74) is 0.754. The molecule has 0 amide bonds. The maximum atomic E-state index is 11.3. The fourth-order valence-corrected chi connectivity index (χ4v) is 2.71. The van der Waals surface area contributed by atoms with Crippen LogP contribution in [0.3, 0.4) is 0 Å². The highest BCUT2D eigenvalue weighted by Gasteiger charge is 2.30. The zero-order valence-electron chi connectivity index (χ0n) is 9.82. The minimum atomic E-state index is -0.360. The van der Waals surface area contributed by atoms with Crippen LogP contribution < -0.4 is 4.90 Å². The Hall–Kier alpha value is -1.10. The molecule has 2 heterocycles. The van der Waals surface area contributed by atoms with Gasteiger partial charge in [0.2, 0.25) is 0 Å². The smallest absolute Gasteiger partial charge is 0.357 e. The van der Waals surface area contributed by atoms with Gasteiger partial charge in [-0.25, -0.2) is 9.78 Å². The summed E-state index contributed by atoms with van der Waals surface area (Å²) in [5.74, 6) is -0.360. The minimum absolute atomic E-state index is 0.344.